The molecule has 3 aliphatic heterocycles. The van der Waals surface area contributed by atoms with Crippen LogP contribution in [0.5, 0.6) is 0 Å². The molecule has 0 saturated carbocycles. The average molecular weight is 719 g/mol. The third-order valence-corrected chi connectivity index (χ3v) is 11.7. The minimum absolute atomic E-state index is 0.120. The largest absolute Gasteiger partial charge is 0.459 e. The van der Waals surface area contributed by atoms with Crippen molar-refractivity contribution in [3.63, 3.8) is 0 Å². The van der Waals surface area contributed by atoms with E-state index in [1.54, 1.807) is 27.7 Å². The van der Waals surface area contributed by atoms with Gasteiger partial charge in [-0.2, -0.15) is 0 Å². The molecule has 3 fully saturated rings. The van der Waals surface area contributed by atoms with Gasteiger partial charge in [0.2, 0.25) is 0 Å². The molecule has 5 N–H and O–H groups in total. The van der Waals surface area contributed by atoms with E-state index >= 15 is 0 Å². The van der Waals surface area contributed by atoms with Crippen LogP contribution in [0.25, 0.3) is 0 Å². The van der Waals surface area contributed by atoms with Crippen molar-refractivity contribution in [3.05, 3.63) is 0 Å². The van der Waals surface area contributed by atoms with Crippen LogP contribution in [-0.4, -0.2) is 154 Å². The Morgan fingerprint density at radius 3 is 2.12 bits per heavy atom. The van der Waals surface area contributed by atoms with E-state index in [9.17, 15) is 30.3 Å². The second-order valence-electron chi connectivity index (χ2n) is 16.7. The Kier molecular flexibility index (Phi) is 15.2. The molecule has 3 aliphatic rings. The minimum Gasteiger partial charge on any atom is -0.459 e. The Morgan fingerprint density at radius 2 is 1.56 bits per heavy atom. The maximum atomic E-state index is 14.1. The van der Waals surface area contributed by atoms with Gasteiger partial charge in [0.05, 0.1) is 42.0 Å². The van der Waals surface area contributed by atoms with Gasteiger partial charge in [0.15, 0.2) is 12.6 Å². The highest BCUT2D eigenvalue weighted by molar-refractivity contribution is 5.73. The third-order valence-electron chi connectivity index (χ3n) is 11.7. The first kappa shape index (κ1) is 43.4. The summed E-state index contributed by atoms with van der Waals surface area (Å²) in [4.78, 5) is 18.0. The van der Waals surface area contributed by atoms with E-state index in [4.69, 9.17) is 23.7 Å². The van der Waals surface area contributed by atoms with E-state index in [0.717, 1.165) is 0 Å². The number of aliphatic hydroxyl groups excluding tert-OH is 3. The summed E-state index contributed by atoms with van der Waals surface area (Å²) in [5.74, 6) is -2.57. The standard InChI is InChI=1S/C37H70N2O11/c1-14-27-37(10,45)32(42)24(7)39(13)18-19(2)17-36(9,44)33(50-35-30(41)26(38(11)12)16-21(4)46-35)22(5)31(23(6)34(43)48-27)49-28-15-20(3)29(40)25(8)47-28/h19-33,35,40-42,44-45H,14-18H2,1-13H3/t19-,20-,21-,22+,23-,24-,25+,26+,27-,28+,29-,30-,31+,32-,33-,35+,36+,37-/m1/s1. The van der Waals surface area contributed by atoms with Gasteiger partial charge >= 0.3 is 5.97 Å². The number of cyclic esters (lactones) is 1. The van der Waals surface area contributed by atoms with Gasteiger partial charge in [0.1, 0.15) is 23.9 Å². The molecule has 50 heavy (non-hydrogen) atoms. The van der Waals surface area contributed by atoms with Crippen molar-refractivity contribution in [2.24, 2.45) is 23.7 Å². The fraction of sp³-hybridized carbons (Fsp3) is 0.973. The highest BCUT2D eigenvalue weighted by Gasteiger charge is 2.51. The lowest BCUT2D eigenvalue weighted by Gasteiger charge is -2.48. The van der Waals surface area contributed by atoms with Crippen LogP contribution in [0.4, 0.5) is 0 Å². The Balaban J connectivity index is 2.14. The van der Waals surface area contributed by atoms with Crippen LogP contribution >= 0.6 is 0 Å². The number of hydrogen-bond acceptors (Lipinski definition) is 13. The number of nitrogens with zero attached hydrogens (tertiary/aromatic N) is 2. The lowest BCUT2D eigenvalue weighted by atomic mass is 9.77. The summed E-state index contributed by atoms with van der Waals surface area (Å²) >= 11 is 0. The number of likely N-dealkylation sites (N-methyl/N-ethyl adjacent to an activating group) is 2. The van der Waals surface area contributed by atoms with Crippen molar-refractivity contribution >= 4 is 5.97 Å². The third kappa shape index (κ3) is 9.96. The summed E-state index contributed by atoms with van der Waals surface area (Å²) < 4.78 is 31.7. The molecule has 3 saturated heterocycles. The van der Waals surface area contributed by atoms with Crippen LogP contribution in [0.15, 0.2) is 0 Å². The Labute approximate surface area is 300 Å². The van der Waals surface area contributed by atoms with Crippen molar-refractivity contribution in [1.29, 1.82) is 0 Å². The number of ether oxygens (including phenoxy) is 5. The van der Waals surface area contributed by atoms with E-state index in [1.165, 1.54) is 6.92 Å². The first-order chi connectivity index (χ1) is 23.0. The molecule has 0 spiro atoms. The second kappa shape index (κ2) is 17.4. The molecule has 0 bridgehead atoms. The predicted molar refractivity (Wildman–Crippen MR) is 188 cm³/mol. The molecular formula is C37H70N2O11. The molecule has 294 valence electrons. The molecule has 3 heterocycles. The van der Waals surface area contributed by atoms with Crippen molar-refractivity contribution in [2.75, 3.05) is 27.7 Å². The zero-order valence-corrected chi connectivity index (χ0v) is 32.9. The fourth-order valence-corrected chi connectivity index (χ4v) is 8.51. The average Bonchev–Trinajstić information content (AvgIpc) is 3.02. The summed E-state index contributed by atoms with van der Waals surface area (Å²) in [7, 11) is 5.63. The van der Waals surface area contributed by atoms with Gasteiger partial charge in [-0.25, -0.2) is 0 Å². The zero-order chi connectivity index (χ0) is 38.0. The Hall–Kier alpha value is -0.970. The van der Waals surface area contributed by atoms with Gasteiger partial charge in [-0.1, -0.05) is 27.7 Å². The first-order valence-corrected chi connectivity index (χ1v) is 18.7. The normalized spacial score (nSPS) is 49.6. The van der Waals surface area contributed by atoms with Crippen LogP contribution in [0.1, 0.15) is 94.9 Å². The SMILES string of the molecule is CC[C@H]1OC(=O)[C@H](C)[C@@H](O[C@H]2C[C@@H](C)[C@@H](O)[C@H](C)O2)[C@H](C)[C@@H](O[C@@H]2O[C@H](C)C[C@H](N(C)C)[C@H]2O)[C@@](C)(O)C[C@@H](C)CN(C)[C@H](C)[C@@H](O)[C@]1(C)O. The molecule has 13 heteroatoms. The molecule has 0 aromatic carbocycles. The van der Waals surface area contributed by atoms with Crippen molar-refractivity contribution in [1.82, 2.24) is 9.80 Å². The summed E-state index contributed by atoms with van der Waals surface area (Å²) in [6.45, 7) is 18.4. The molecule has 0 aromatic heterocycles. The molecule has 0 radical (unpaired) electrons. The summed E-state index contributed by atoms with van der Waals surface area (Å²) in [5, 5.41) is 57.6. The molecule has 13 nitrogen and oxygen atoms in total. The van der Waals surface area contributed by atoms with Gasteiger partial charge in [0, 0.05) is 31.0 Å². The quantitative estimate of drug-likeness (QED) is 0.254. The molecule has 0 aromatic rings. The maximum absolute atomic E-state index is 14.1. The Bertz CT molecular complexity index is 1070. The number of aliphatic hydroxyl groups is 5. The molecule has 3 rings (SSSR count). The van der Waals surface area contributed by atoms with E-state index in [0.29, 0.717) is 19.4 Å². The van der Waals surface area contributed by atoms with Crippen LogP contribution in [-0.2, 0) is 28.5 Å². The van der Waals surface area contributed by atoms with Gasteiger partial charge < -0.3 is 59.0 Å². The molecule has 0 aliphatic carbocycles. The van der Waals surface area contributed by atoms with E-state index in [-0.39, 0.29) is 36.8 Å². The number of carbonyl (C=O) groups is 1. The summed E-state index contributed by atoms with van der Waals surface area (Å²) in [5.41, 5.74) is -3.30. The molecule has 0 unspecified atom stereocenters. The predicted octanol–water partition coefficient (Wildman–Crippen LogP) is 2.13. The number of carbonyl (C=O) groups excluding carboxylic acids is 1. The molecule has 18 atom stereocenters. The van der Waals surface area contributed by atoms with Crippen molar-refractivity contribution in [2.45, 2.75) is 180 Å². The summed E-state index contributed by atoms with van der Waals surface area (Å²) in [6.07, 6.45) is -7.11. The van der Waals surface area contributed by atoms with Crippen LogP contribution in [0.2, 0.25) is 0 Å². The van der Waals surface area contributed by atoms with Gasteiger partial charge in [-0.05, 0) is 93.8 Å². The number of hydrogen-bond donors (Lipinski definition) is 5. The Morgan fingerprint density at radius 1 is 0.940 bits per heavy atom. The monoisotopic (exact) mass is 718 g/mol. The smallest absolute Gasteiger partial charge is 0.311 e. The second-order valence-corrected chi connectivity index (χ2v) is 16.7. The van der Waals surface area contributed by atoms with E-state index in [1.807, 2.05) is 65.6 Å². The maximum Gasteiger partial charge on any atom is 0.311 e. The first-order valence-electron chi connectivity index (χ1n) is 18.7. The number of rotatable bonds is 6. The van der Waals surface area contributed by atoms with Crippen molar-refractivity contribution in [3.8, 4) is 0 Å². The van der Waals surface area contributed by atoms with Gasteiger partial charge in [-0.3, -0.25) is 4.79 Å². The lowest BCUT2D eigenvalue weighted by Crippen LogP contribution is -2.59. The van der Waals surface area contributed by atoms with Gasteiger partial charge in [-0.15, -0.1) is 0 Å². The highest BCUT2D eigenvalue weighted by Crippen LogP contribution is 2.39. The van der Waals surface area contributed by atoms with Crippen LogP contribution in [0.3, 0.4) is 0 Å². The number of esters is 1. The minimum atomic E-state index is -1.78. The van der Waals surface area contributed by atoms with E-state index < -0.39 is 90.4 Å². The fourth-order valence-electron chi connectivity index (χ4n) is 8.51. The highest BCUT2D eigenvalue weighted by atomic mass is 16.7. The van der Waals surface area contributed by atoms with Crippen LogP contribution in [0, 0.1) is 23.7 Å². The molecular weight excluding hydrogens is 648 g/mol. The van der Waals surface area contributed by atoms with Crippen molar-refractivity contribution < 1.29 is 54.0 Å². The van der Waals surface area contributed by atoms with Gasteiger partial charge in [0.25, 0.3) is 0 Å². The van der Waals surface area contributed by atoms with Crippen LogP contribution < -0.4 is 0 Å². The topological polar surface area (TPSA) is 171 Å². The van der Waals surface area contributed by atoms with E-state index in [2.05, 4.69) is 0 Å². The lowest BCUT2D eigenvalue weighted by molar-refractivity contribution is -0.309. The summed E-state index contributed by atoms with van der Waals surface area (Å²) in [6, 6.07) is -0.774. The zero-order valence-electron chi connectivity index (χ0n) is 32.9. The molecule has 0 amide bonds.